The number of carbonyl (C=O) groups is 1. The highest BCUT2D eigenvalue weighted by atomic mass is 16.5. The maximum atomic E-state index is 11.8. The summed E-state index contributed by atoms with van der Waals surface area (Å²) in [5.74, 6) is 0.296. The summed E-state index contributed by atoms with van der Waals surface area (Å²) in [6.45, 7) is 0.208. The molecule has 0 radical (unpaired) electrons. The lowest BCUT2D eigenvalue weighted by molar-refractivity contribution is 0.0898. The topological polar surface area (TPSA) is 78.8 Å². The highest BCUT2D eigenvalue weighted by molar-refractivity contribution is 5.97. The summed E-state index contributed by atoms with van der Waals surface area (Å²) >= 11 is 0. The van der Waals surface area contributed by atoms with Crippen molar-refractivity contribution in [1.82, 2.24) is 5.32 Å². The van der Waals surface area contributed by atoms with Gasteiger partial charge >= 0.3 is 0 Å². The number of aliphatic hydroxyl groups excluding tert-OH is 1. The summed E-state index contributed by atoms with van der Waals surface area (Å²) in [5, 5.41) is 21.9. The predicted molar refractivity (Wildman–Crippen MR) is 65.7 cm³/mol. The molecule has 0 spiro atoms. The van der Waals surface area contributed by atoms with Gasteiger partial charge in [-0.3, -0.25) is 4.79 Å². The van der Waals surface area contributed by atoms with Crippen molar-refractivity contribution >= 4 is 5.91 Å². The lowest BCUT2D eigenvalue weighted by Gasteiger charge is -2.12. The zero-order valence-electron chi connectivity index (χ0n) is 10.2. The Kier molecular flexibility index (Phi) is 3.72. The lowest BCUT2D eigenvalue weighted by atomic mass is 10.1. The molecule has 5 heteroatoms. The van der Waals surface area contributed by atoms with Gasteiger partial charge < -0.3 is 20.3 Å². The molecule has 0 saturated heterocycles. The van der Waals surface area contributed by atoms with E-state index in [0.29, 0.717) is 11.7 Å². The average Bonchev–Trinajstić information content (AvgIpc) is 3.20. The number of hydrogen-bond donors (Lipinski definition) is 3. The molecule has 98 valence electrons. The van der Waals surface area contributed by atoms with Crippen LogP contribution in [0.3, 0.4) is 0 Å². The van der Waals surface area contributed by atoms with Gasteiger partial charge in [0.05, 0.1) is 18.8 Å². The molecule has 1 amide bonds. The number of benzene rings is 1. The minimum absolute atomic E-state index is 0.103. The molecule has 1 aliphatic rings. The van der Waals surface area contributed by atoms with E-state index in [9.17, 15) is 15.0 Å². The van der Waals surface area contributed by atoms with Crippen molar-refractivity contribution in [1.29, 1.82) is 0 Å². The third-order valence-electron chi connectivity index (χ3n) is 3.09. The van der Waals surface area contributed by atoms with Crippen molar-refractivity contribution in [2.24, 2.45) is 5.92 Å². The first kappa shape index (κ1) is 12.7. The first-order valence-corrected chi connectivity index (χ1v) is 5.95. The Morgan fingerprint density at radius 1 is 1.56 bits per heavy atom. The fraction of sp³-hybridized carbons (Fsp3) is 0.462. The molecular weight excluding hydrogens is 234 g/mol. The number of phenols is 1. The van der Waals surface area contributed by atoms with E-state index in [2.05, 4.69) is 5.32 Å². The molecule has 1 aromatic carbocycles. The Balaban J connectivity index is 1.98. The molecule has 2 rings (SSSR count). The zero-order valence-corrected chi connectivity index (χ0v) is 10.2. The largest absolute Gasteiger partial charge is 0.507 e. The second-order valence-electron chi connectivity index (χ2n) is 4.50. The zero-order chi connectivity index (χ0) is 13.1. The van der Waals surface area contributed by atoms with Gasteiger partial charge in [0.2, 0.25) is 0 Å². The van der Waals surface area contributed by atoms with Crippen LogP contribution < -0.4 is 10.1 Å². The molecule has 1 aromatic rings. The van der Waals surface area contributed by atoms with Gasteiger partial charge in [-0.15, -0.1) is 0 Å². The van der Waals surface area contributed by atoms with Crippen LogP contribution in [0.15, 0.2) is 18.2 Å². The standard InChI is InChI=1S/C13H17NO4/c1-18-9-4-5-11(15)10(6-9)13(17)14-7-12(16)8-2-3-8/h4-6,8,12,15-16H,2-3,7H2,1H3,(H,14,17). The fourth-order valence-electron chi connectivity index (χ4n) is 1.76. The van der Waals surface area contributed by atoms with Crippen LogP contribution in [0.1, 0.15) is 23.2 Å². The second-order valence-corrected chi connectivity index (χ2v) is 4.50. The molecule has 5 nitrogen and oxygen atoms in total. The number of nitrogens with one attached hydrogen (secondary N) is 1. The van der Waals surface area contributed by atoms with Crippen LogP contribution in [0.5, 0.6) is 11.5 Å². The van der Waals surface area contributed by atoms with E-state index in [1.807, 2.05) is 0 Å². The van der Waals surface area contributed by atoms with Crippen LogP contribution in [0.25, 0.3) is 0 Å². The van der Waals surface area contributed by atoms with E-state index < -0.39 is 12.0 Å². The maximum absolute atomic E-state index is 11.8. The monoisotopic (exact) mass is 251 g/mol. The van der Waals surface area contributed by atoms with E-state index in [1.165, 1.54) is 19.2 Å². The summed E-state index contributed by atoms with van der Waals surface area (Å²) < 4.78 is 4.99. The molecule has 1 fully saturated rings. The van der Waals surface area contributed by atoms with Crippen molar-refractivity contribution in [2.45, 2.75) is 18.9 Å². The molecule has 0 aliphatic heterocycles. The number of ether oxygens (including phenoxy) is 1. The third-order valence-corrected chi connectivity index (χ3v) is 3.09. The fourth-order valence-corrected chi connectivity index (χ4v) is 1.76. The Labute approximate surface area is 105 Å². The number of aromatic hydroxyl groups is 1. The molecular formula is C13H17NO4. The molecule has 1 saturated carbocycles. The number of methoxy groups -OCH3 is 1. The van der Waals surface area contributed by atoms with E-state index in [4.69, 9.17) is 4.74 Å². The Bertz CT molecular complexity index is 443. The minimum Gasteiger partial charge on any atom is -0.507 e. The van der Waals surface area contributed by atoms with Crippen LogP contribution in [-0.2, 0) is 0 Å². The number of hydrogen-bond acceptors (Lipinski definition) is 4. The molecule has 1 aliphatic carbocycles. The lowest BCUT2D eigenvalue weighted by Crippen LogP contribution is -2.33. The summed E-state index contributed by atoms with van der Waals surface area (Å²) in [6, 6.07) is 4.45. The van der Waals surface area contributed by atoms with Gasteiger partial charge in [0.1, 0.15) is 11.5 Å². The smallest absolute Gasteiger partial charge is 0.255 e. The number of aliphatic hydroxyl groups is 1. The summed E-state index contributed by atoms with van der Waals surface area (Å²) in [4.78, 5) is 11.8. The molecule has 1 atom stereocenters. The Hall–Kier alpha value is -1.75. The molecule has 0 bridgehead atoms. The van der Waals surface area contributed by atoms with Crippen molar-refractivity contribution in [3.63, 3.8) is 0 Å². The maximum Gasteiger partial charge on any atom is 0.255 e. The van der Waals surface area contributed by atoms with E-state index in [1.54, 1.807) is 6.07 Å². The normalized spacial score (nSPS) is 16.1. The summed E-state index contributed by atoms with van der Waals surface area (Å²) in [6.07, 6.45) is 1.53. The van der Waals surface area contributed by atoms with E-state index >= 15 is 0 Å². The Morgan fingerprint density at radius 2 is 2.28 bits per heavy atom. The minimum atomic E-state index is -0.498. The quantitative estimate of drug-likeness (QED) is 0.726. The van der Waals surface area contributed by atoms with Crippen LogP contribution in [0, 0.1) is 5.92 Å². The van der Waals surface area contributed by atoms with E-state index in [0.717, 1.165) is 12.8 Å². The number of amides is 1. The number of carbonyl (C=O) groups excluding carboxylic acids is 1. The SMILES string of the molecule is COc1ccc(O)c(C(=O)NCC(O)C2CC2)c1. The van der Waals surface area contributed by atoms with Crippen LogP contribution in [0.2, 0.25) is 0 Å². The molecule has 18 heavy (non-hydrogen) atoms. The molecule has 0 heterocycles. The van der Waals surface area contributed by atoms with Gasteiger partial charge in [0.15, 0.2) is 0 Å². The first-order valence-electron chi connectivity index (χ1n) is 5.95. The highest BCUT2D eigenvalue weighted by Crippen LogP contribution is 2.32. The van der Waals surface area contributed by atoms with Crippen molar-refractivity contribution in [3.05, 3.63) is 23.8 Å². The Morgan fingerprint density at radius 3 is 2.89 bits per heavy atom. The molecule has 0 aromatic heterocycles. The average molecular weight is 251 g/mol. The first-order chi connectivity index (χ1) is 8.61. The summed E-state index contributed by atoms with van der Waals surface area (Å²) in [7, 11) is 1.49. The third kappa shape index (κ3) is 2.92. The van der Waals surface area contributed by atoms with E-state index in [-0.39, 0.29) is 17.9 Å². The van der Waals surface area contributed by atoms with Gasteiger partial charge in [-0.05, 0) is 37.0 Å². The highest BCUT2D eigenvalue weighted by Gasteiger charge is 2.29. The van der Waals surface area contributed by atoms with Crippen molar-refractivity contribution in [3.8, 4) is 11.5 Å². The second kappa shape index (κ2) is 5.27. The van der Waals surface area contributed by atoms with Gasteiger partial charge in [-0.25, -0.2) is 0 Å². The van der Waals surface area contributed by atoms with Gasteiger partial charge in [-0.2, -0.15) is 0 Å². The van der Waals surface area contributed by atoms with Gasteiger partial charge in [0, 0.05) is 6.54 Å². The van der Waals surface area contributed by atoms with Gasteiger partial charge in [0.25, 0.3) is 5.91 Å². The van der Waals surface area contributed by atoms with Gasteiger partial charge in [-0.1, -0.05) is 0 Å². The molecule has 1 unspecified atom stereocenters. The number of rotatable bonds is 5. The van der Waals surface area contributed by atoms with Crippen molar-refractivity contribution < 1.29 is 19.7 Å². The summed E-state index contributed by atoms with van der Waals surface area (Å²) in [5.41, 5.74) is 0.150. The number of phenolic OH excluding ortho intramolecular Hbond substituents is 1. The van der Waals surface area contributed by atoms with Crippen LogP contribution >= 0.6 is 0 Å². The van der Waals surface area contributed by atoms with Crippen LogP contribution in [-0.4, -0.2) is 35.9 Å². The predicted octanol–water partition coefficient (Wildman–Crippen LogP) is 0.901. The van der Waals surface area contributed by atoms with Crippen molar-refractivity contribution in [2.75, 3.05) is 13.7 Å². The molecule has 3 N–H and O–H groups in total. The van der Waals surface area contributed by atoms with Crippen LogP contribution in [0.4, 0.5) is 0 Å².